The van der Waals surface area contributed by atoms with Crippen LogP contribution in [0.15, 0.2) is 0 Å². The third-order valence-corrected chi connectivity index (χ3v) is 4.85. The van der Waals surface area contributed by atoms with Crippen LogP contribution in [0, 0.1) is 11.3 Å². The molecule has 3 heteroatoms. The lowest BCUT2D eigenvalue weighted by Crippen LogP contribution is -2.64. The van der Waals surface area contributed by atoms with E-state index in [1.165, 1.54) is 6.42 Å². The van der Waals surface area contributed by atoms with Gasteiger partial charge in [0.05, 0.1) is 6.10 Å². The summed E-state index contributed by atoms with van der Waals surface area (Å²) in [4.78, 5) is 2.63. The fourth-order valence-electron chi connectivity index (χ4n) is 3.36. The van der Waals surface area contributed by atoms with Crippen LogP contribution < -0.4 is 5.73 Å². The molecule has 1 aliphatic carbocycles. The van der Waals surface area contributed by atoms with Gasteiger partial charge in [-0.2, -0.15) is 0 Å². The number of methoxy groups -OCH3 is 1. The standard InChI is InChI=1S/C13H26N2O/c1-9-8-15(6-5-10(9)14)11-7-12(16-4)13(11,2)3/h9-12H,5-8,14H2,1-4H3. The first-order valence-corrected chi connectivity index (χ1v) is 6.49. The predicted octanol–water partition coefficient (Wildman–Crippen LogP) is 1.47. The number of ether oxygens (including phenoxy) is 1. The number of rotatable bonds is 2. The van der Waals surface area contributed by atoms with Crippen molar-refractivity contribution in [3.63, 3.8) is 0 Å². The van der Waals surface area contributed by atoms with Crippen LogP contribution in [0.4, 0.5) is 0 Å². The van der Waals surface area contributed by atoms with E-state index in [1.54, 1.807) is 0 Å². The first kappa shape index (κ1) is 12.3. The topological polar surface area (TPSA) is 38.5 Å². The van der Waals surface area contributed by atoms with Gasteiger partial charge in [-0.25, -0.2) is 0 Å². The highest BCUT2D eigenvalue weighted by Gasteiger charge is 2.51. The molecule has 2 fully saturated rings. The first-order chi connectivity index (χ1) is 7.46. The van der Waals surface area contributed by atoms with Crippen molar-refractivity contribution < 1.29 is 4.74 Å². The second kappa shape index (κ2) is 4.28. The summed E-state index contributed by atoms with van der Waals surface area (Å²) in [6.45, 7) is 9.25. The molecule has 94 valence electrons. The minimum absolute atomic E-state index is 0.301. The second-order valence-electron chi connectivity index (χ2n) is 6.22. The van der Waals surface area contributed by atoms with Gasteiger partial charge in [0.2, 0.25) is 0 Å². The molecule has 3 nitrogen and oxygen atoms in total. The van der Waals surface area contributed by atoms with Crippen LogP contribution in [0.25, 0.3) is 0 Å². The van der Waals surface area contributed by atoms with Gasteiger partial charge < -0.3 is 10.5 Å². The largest absolute Gasteiger partial charge is 0.381 e. The smallest absolute Gasteiger partial charge is 0.0652 e. The number of piperidine rings is 1. The van der Waals surface area contributed by atoms with Crippen LogP contribution in [0.2, 0.25) is 0 Å². The van der Waals surface area contributed by atoms with Gasteiger partial charge in [-0.15, -0.1) is 0 Å². The normalized spacial score (nSPS) is 44.1. The Labute approximate surface area is 99.3 Å². The highest BCUT2D eigenvalue weighted by Crippen LogP contribution is 2.46. The summed E-state index contributed by atoms with van der Waals surface area (Å²) in [5.41, 5.74) is 6.37. The van der Waals surface area contributed by atoms with Gasteiger partial charge in [0, 0.05) is 31.2 Å². The third kappa shape index (κ3) is 1.89. The van der Waals surface area contributed by atoms with Crippen molar-refractivity contribution in [1.82, 2.24) is 4.90 Å². The summed E-state index contributed by atoms with van der Waals surface area (Å²) in [5, 5.41) is 0. The fourth-order valence-corrected chi connectivity index (χ4v) is 3.36. The molecule has 16 heavy (non-hydrogen) atoms. The molecule has 1 aliphatic heterocycles. The number of likely N-dealkylation sites (tertiary alicyclic amines) is 1. The monoisotopic (exact) mass is 226 g/mol. The van der Waals surface area contributed by atoms with Crippen LogP contribution in [-0.4, -0.2) is 43.3 Å². The molecule has 0 amide bonds. The highest BCUT2D eigenvalue weighted by molar-refractivity contribution is 5.04. The zero-order chi connectivity index (χ0) is 11.9. The summed E-state index contributed by atoms with van der Waals surface area (Å²) < 4.78 is 5.52. The number of nitrogens with two attached hydrogens (primary N) is 1. The maximum atomic E-state index is 6.07. The molecular weight excluding hydrogens is 200 g/mol. The Morgan fingerprint density at radius 3 is 2.56 bits per heavy atom. The number of nitrogens with zero attached hydrogens (tertiary/aromatic N) is 1. The van der Waals surface area contributed by atoms with E-state index in [1.807, 2.05) is 7.11 Å². The van der Waals surface area contributed by atoms with Crippen molar-refractivity contribution in [3.8, 4) is 0 Å². The predicted molar refractivity (Wildman–Crippen MR) is 66.3 cm³/mol. The number of hydrogen-bond donors (Lipinski definition) is 1. The Hall–Kier alpha value is -0.120. The van der Waals surface area contributed by atoms with E-state index < -0.39 is 0 Å². The average molecular weight is 226 g/mol. The lowest BCUT2D eigenvalue weighted by molar-refractivity contribution is -0.144. The quantitative estimate of drug-likeness (QED) is 0.775. The molecule has 0 radical (unpaired) electrons. The van der Waals surface area contributed by atoms with Gasteiger partial charge in [0.15, 0.2) is 0 Å². The Morgan fingerprint density at radius 1 is 1.38 bits per heavy atom. The van der Waals surface area contributed by atoms with E-state index in [9.17, 15) is 0 Å². The van der Waals surface area contributed by atoms with Gasteiger partial charge in [0.1, 0.15) is 0 Å². The van der Waals surface area contributed by atoms with Crippen molar-refractivity contribution in [1.29, 1.82) is 0 Å². The third-order valence-electron chi connectivity index (χ3n) is 4.85. The van der Waals surface area contributed by atoms with Crippen molar-refractivity contribution in [2.75, 3.05) is 20.2 Å². The Morgan fingerprint density at radius 2 is 2.06 bits per heavy atom. The molecule has 1 saturated carbocycles. The molecule has 0 bridgehead atoms. The van der Waals surface area contributed by atoms with Crippen molar-refractivity contribution in [2.24, 2.45) is 17.1 Å². The van der Waals surface area contributed by atoms with Gasteiger partial charge in [-0.3, -0.25) is 4.90 Å². The summed E-state index contributed by atoms with van der Waals surface area (Å²) in [7, 11) is 1.83. The Balaban J connectivity index is 1.95. The molecule has 0 aromatic rings. The molecule has 1 saturated heterocycles. The van der Waals surface area contributed by atoms with Crippen LogP contribution in [0.3, 0.4) is 0 Å². The molecule has 2 N–H and O–H groups in total. The zero-order valence-electron chi connectivity index (χ0n) is 11.1. The Bertz CT molecular complexity index is 254. The Kier molecular flexibility index (Phi) is 3.30. The van der Waals surface area contributed by atoms with Crippen LogP contribution in [-0.2, 0) is 4.74 Å². The summed E-state index contributed by atoms with van der Waals surface area (Å²) in [6.07, 6.45) is 2.76. The lowest BCUT2D eigenvalue weighted by Gasteiger charge is -2.57. The number of hydrogen-bond acceptors (Lipinski definition) is 3. The molecule has 4 atom stereocenters. The molecule has 0 aromatic carbocycles. The zero-order valence-corrected chi connectivity index (χ0v) is 11.1. The van der Waals surface area contributed by atoms with Crippen LogP contribution in [0.5, 0.6) is 0 Å². The molecular formula is C13H26N2O. The van der Waals surface area contributed by atoms with Gasteiger partial charge in [-0.1, -0.05) is 20.8 Å². The molecule has 0 spiro atoms. The second-order valence-corrected chi connectivity index (χ2v) is 6.22. The maximum Gasteiger partial charge on any atom is 0.0652 e. The molecule has 4 unspecified atom stereocenters. The summed E-state index contributed by atoms with van der Waals surface area (Å²) >= 11 is 0. The molecule has 2 aliphatic rings. The van der Waals surface area contributed by atoms with E-state index in [-0.39, 0.29) is 0 Å². The van der Waals surface area contributed by atoms with E-state index >= 15 is 0 Å². The van der Waals surface area contributed by atoms with Crippen LogP contribution in [0.1, 0.15) is 33.6 Å². The molecule has 1 heterocycles. The van der Waals surface area contributed by atoms with Gasteiger partial charge in [-0.05, 0) is 25.3 Å². The summed E-state index contributed by atoms with van der Waals surface area (Å²) in [6, 6.07) is 1.09. The SMILES string of the molecule is COC1CC(N2CCC(N)C(C)C2)C1(C)C. The van der Waals surface area contributed by atoms with Gasteiger partial charge >= 0.3 is 0 Å². The van der Waals surface area contributed by atoms with Crippen molar-refractivity contribution in [2.45, 2.75) is 51.8 Å². The fraction of sp³-hybridized carbons (Fsp3) is 1.00. The van der Waals surface area contributed by atoms with Crippen molar-refractivity contribution in [3.05, 3.63) is 0 Å². The van der Waals surface area contributed by atoms with E-state index in [0.717, 1.165) is 19.5 Å². The van der Waals surface area contributed by atoms with Crippen LogP contribution >= 0.6 is 0 Å². The maximum absolute atomic E-state index is 6.07. The average Bonchev–Trinajstić information content (AvgIpc) is 2.22. The first-order valence-electron chi connectivity index (χ1n) is 6.49. The van der Waals surface area contributed by atoms with E-state index in [0.29, 0.717) is 29.5 Å². The van der Waals surface area contributed by atoms with E-state index in [2.05, 4.69) is 25.7 Å². The molecule has 2 rings (SSSR count). The highest BCUT2D eigenvalue weighted by atomic mass is 16.5. The van der Waals surface area contributed by atoms with Gasteiger partial charge in [0.25, 0.3) is 0 Å². The summed E-state index contributed by atoms with van der Waals surface area (Å²) in [5.74, 6) is 0.631. The van der Waals surface area contributed by atoms with Crippen molar-refractivity contribution >= 4 is 0 Å². The van der Waals surface area contributed by atoms with E-state index in [4.69, 9.17) is 10.5 Å². The minimum Gasteiger partial charge on any atom is -0.381 e. The molecule has 0 aromatic heterocycles. The lowest BCUT2D eigenvalue weighted by atomic mass is 9.63. The minimum atomic E-state index is 0.301.